The lowest BCUT2D eigenvalue weighted by Crippen LogP contribution is -2.42. The average molecular weight is 440 g/mol. The second kappa shape index (κ2) is 25.4. The Bertz CT molecular complexity index is 260. The molecule has 28 heavy (non-hydrogen) atoms. The Kier molecular flexibility index (Phi) is 27.7. The van der Waals surface area contributed by atoms with Crippen molar-refractivity contribution in [1.29, 1.82) is 0 Å². The minimum Gasteiger partial charge on any atom is -0.377 e. The van der Waals surface area contributed by atoms with Crippen LogP contribution in [0.25, 0.3) is 0 Å². The fourth-order valence-corrected chi connectivity index (χ4v) is 5.26. The third-order valence-electron chi connectivity index (χ3n) is 5.11. The van der Waals surface area contributed by atoms with Crippen LogP contribution >= 0.6 is 11.6 Å². The van der Waals surface area contributed by atoms with Crippen molar-refractivity contribution in [3.05, 3.63) is 0 Å². The fourth-order valence-electron chi connectivity index (χ4n) is 3.18. The lowest BCUT2D eigenvalue weighted by atomic mass is 10.0. The number of unbranched alkanes of at least 4 members (excludes halogenated alkanes) is 13. The zero-order valence-electron chi connectivity index (χ0n) is 19.4. The second-order valence-electron chi connectivity index (χ2n) is 7.47. The van der Waals surface area contributed by atoms with E-state index in [1.54, 1.807) is 21.3 Å². The maximum Gasteiger partial charge on any atom is 0.500 e. The molecule has 0 bridgehead atoms. The highest BCUT2D eigenvalue weighted by molar-refractivity contribution is 6.60. The van der Waals surface area contributed by atoms with Gasteiger partial charge in [-0.2, -0.15) is 0 Å². The molecule has 0 amide bonds. The van der Waals surface area contributed by atoms with E-state index in [4.69, 9.17) is 30.6 Å². The van der Waals surface area contributed by atoms with E-state index in [0.717, 1.165) is 19.0 Å². The topological polar surface area (TPSA) is 53.7 Å². The Balaban J connectivity index is 0. The van der Waals surface area contributed by atoms with Gasteiger partial charge in [0.1, 0.15) is 0 Å². The Morgan fingerprint density at radius 3 is 1.25 bits per heavy atom. The van der Waals surface area contributed by atoms with Crippen LogP contribution in [0.2, 0.25) is 6.04 Å². The largest absolute Gasteiger partial charge is 0.500 e. The predicted octanol–water partition coefficient (Wildman–Crippen LogP) is 6.92. The molecule has 0 aliphatic heterocycles. The summed E-state index contributed by atoms with van der Waals surface area (Å²) >= 11 is 5.53. The van der Waals surface area contributed by atoms with Crippen molar-refractivity contribution in [2.75, 3.05) is 33.8 Å². The molecule has 0 aromatic heterocycles. The molecule has 0 saturated carbocycles. The molecule has 0 aliphatic rings. The van der Waals surface area contributed by atoms with Crippen molar-refractivity contribution >= 4 is 20.4 Å². The molecule has 0 aliphatic carbocycles. The van der Waals surface area contributed by atoms with Gasteiger partial charge in [0.05, 0.1) is 0 Å². The molecule has 2 N–H and O–H groups in total. The van der Waals surface area contributed by atoms with Crippen LogP contribution in [0.1, 0.15) is 103 Å². The summed E-state index contributed by atoms with van der Waals surface area (Å²) in [6.07, 6.45) is 20.7. The first-order chi connectivity index (χ1) is 13.7. The van der Waals surface area contributed by atoms with Crippen LogP contribution in [0.3, 0.4) is 0 Å². The van der Waals surface area contributed by atoms with E-state index in [-0.39, 0.29) is 0 Å². The van der Waals surface area contributed by atoms with Gasteiger partial charge in [-0.1, -0.05) is 90.4 Å². The molecule has 0 rings (SSSR count). The number of hydrogen-bond donors (Lipinski definition) is 1. The van der Waals surface area contributed by atoms with Gasteiger partial charge < -0.3 is 19.0 Å². The van der Waals surface area contributed by atoms with E-state index in [2.05, 4.69) is 6.92 Å². The number of alkyl halides is 1. The summed E-state index contributed by atoms with van der Waals surface area (Å²) in [6.45, 7) is 3.16. The molecule has 172 valence electrons. The molecule has 0 aromatic rings. The molecule has 0 heterocycles. The summed E-state index contributed by atoms with van der Waals surface area (Å²) in [5.74, 6) is 0.616. The third-order valence-corrected chi connectivity index (χ3v) is 8.21. The standard InChI is InChI=1S/C16H35N.C6H15ClO3Si/c1-2-3-4-5-6-7-8-9-10-11-12-13-14-15-16-17;1-8-11(9-2,10-3)6-4-5-7/h2-17H2,1H3;4-6H2,1-3H3. The summed E-state index contributed by atoms with van der Waals surface area (Å²) in [5, 5.41) is 0. The molecule has 6 heteroatoms. The van der Waals surface area contributed by atoms with Crippen LogP contribution in [0.4, 0.5) is 0 Å². The summed E-state index contributed by atoms with van der Waals surface area (Å²) in [5.41, 5.74) is 5.47. The van der Waals surface area contributed by atoms with E-state index in [0.29, 0.717) is 5.88 Å². The highest BCUT2D eigenvalue weighted by Gasteiger charge is 2.36. The van der Waals surface area contributed by atoms with Gasteiger partial charge in [-0.15, -0.1) is 11.6 Å². The predicted molar refractivity (Wildman–Crippen MR) is 126 cm³/mol. The van der Waals surface area contributed by atoms with Gasteiger partial charge in [0.25, 0.3) is 0 Å². The van der Waals surface area contributed by atoms with Crippen LogP contribution in [-0.4, -0.2) is 42.6 Å². The van der Waals surface area contributed by atoms with E-state index in [9.17, 15) is 0 Å². The zero-order valence-corrected chi connectivity index (χ0v) is 21.2. The SMILES string of the molecule is CCCCCCCCCCCCCCCCN.CO[Si](CCCCl)(OC)OC. The van der Waals surface area contributed by atoms with Crippen molar-refractivity contribution in [3.8, 4) is 0 Å². The Morgan fingerprint density at radius 1 is 0.607 bits per heavy atom. The quantitative estimate of drug-likeness (QED) is 0.127. The number of halogens is 1. The Morgan fingerprint density at radius 2 is 0.964 bits per heavy atom. The molecule has 0 saturated heterocycles. The van der Waals surface area contributed by atoms with Crippen LogP contribution in [0.15, 0.2) is 0 Å². The minimum absolute atomic E-state index is 0.616. The maximum absolute atomic E-state index is 5.53. The van der Waals surface area contributed by atoms with Crippen molar-refractivity contribution in [3.63, 3.8) is 0 Å². The van der Waals surface area contributed by atoms with Crippen molar-refractivity contribution < 1.29 is 13.3 Å². The zero-order chi connectivity index (χ0) is 21.3. The van der Waals surface area contributed by atoms with E-state index in [1.165, 1.54) is 89.9 Å². The van der Waals surface area contributed by atoms with Gasteiger partial charge in [0.2, 0.25) is 0 Å². The molecule has 0 spiro atoms. The van der Waals surface area contributed by atoms with Gasteiger partial charge in [-0.25, -0.2) is 0 Å². The highest BCUT2D eigenvalue weighted by Crippen LogP contribution is 2.15. The van der Waals surface area contributed by atoms with Gasteiger partial charge in [0, 0.05) is 33.3 Å². The Hall–Kier alpha value is 0.347. The first-order valence-corrected chi connectivity index (χ1v) is 14.0. The van der Waals surface area contributed by atoms with Gasteiger partial charge >= 0.3 is 8.80 Å². The van der Waals surface area contributed by atoms with Crippen LogP contribution in [-0.2, 0) is 13.3 Å². The molecule has 0 radical (unpaired) electrons. The average Bonchev–Trinajstić information content (AvgIpc) is 2.73. The van der Waals surface area contributed by atoms with Crippen LogP contribution in [0.5, 0.6) is 0 Å². The monoisotopic (exact) mass is 439 g/mol. The first-order valence-electron chi connectivity index (χ1n) is 11.6. The lowest BCUT2D eigenvalue weighted by molar-refractivity contribution is 0.123. The molecular weight excluding hydrogens is 390 g/mol. The highest BCUT2D eigenvalue weighted by atomic mass is 35.5. The van der Waals surface area contributed by atoms with Gasteiger partial charge in [-0.3, -0.25) is 0 Å². The molecule has 0 aromatic carbocycles. The van der Waals surface area contributed by atoms with E-state index in [1.807, 2.05) is 0 Å². The molecule has 4 nitrogen and oxygen atoms in total. The normalized spacial score (nSPS) is 11.4. The van der Waals surface area contributed by atoms with E-state index < -0.39 is 8.80 Å². The lowest BCUT2D eigenvalue weighted by Gasteiger charge is -2.23. The van der Waals surface area contributed by atoms with Crippen molar-refractivity contribution in [2.24, 2.45) is 5.73 Å². The number of nitrogens with two attached hydrogens (primary N) is 1. The number of hydrogen-bond acceptors (Lipinski definition) is 4. The summed E-state index contributed by atoms with van der Waals surface area (Å²) in [6, 6.07) is 0.778. The molecule has 0 atom stereocenters. The van der Waals surface area contributed by atoms with Gasteiger partial charge in [-0.05, 0) is 19.4 Å². The molecular formula is C22H50ClNO3Si. The van der Waals surface area contributed by atoms with Crippen LogP contribution < -0.4 is 5.73 Å². The van der Waals surface area contributed by atoms with Crippen molar-refractivity contribution in [1.82, 2.24) is 0 Å². The molecule has 0 fully saturated rings. The summed E-state index contributed by atoms with van der Waals surface area (Å²) in [4.78, 5) is 0. The second-order valence-corrected chi connectivity index (χ2v) is 10.9. The minimum atomic E-state index is -2.32. The summed E-state index contributed by atoms with van der Waals surface area (Å²) < 4.78 is 15.5. The van der Waals surface area contributed by atoms with Crippen molar-refractivity contribution in [2.45, 2.75) is 109 Å². The Labute approximate surface area is 182 Å². The molecule has 0 unspecified atom stereocenters. The first kappa shape index (κ1) is 30.5. The summed E-state index contributed by atoms with van der Waals surface area (Å²) in [7, 11) is 2.49. The smallest absolute Gasteiger partial charge is 0.377 e. The maximum atomic E-state index is 5.53. The number of rotatable bonds is 20. The third kappa shape index (κ3) is 21.1. The van der Waals surface area contributed by atoms with E-state index >= 15 is 0 Å². The van der Waals surface area contributed by atoms with Crippen LogP contribution in [0, 0.1) is 0 Å². The fraction of sp³-hybridized carbons (Fsp3) is 1.00. The van der Waals surface area contributed by atoms with Gasteiger partial charge in [0.15, 0.2) is 0 Å².